The van der Waals surface area contributed by atoms with Gasteiger partial charge in [-0.05, 0) is 55.0 Å². The average Bonchev–Trinajstić information content (AvgIpc) is 3.30. The van der Waals surface area contributed by atoms with Gasteiger partial charge in [0.1, 0.15) is 11.4 Å². The normalized spacial score (nSPS) is 11.0. The standard InChI is InChI=1S/C29H27N3O4/c1-4-36-25-14-11-19(15-26(25)35-3)27-28-22(21-7-5-6-8-23(21)31-28)16-24(32-27)29(33)30-17-18-9-12-20(34-2)13-10-18/h5-16,31H,4,17H2,1-3H3,(H,30,33). The van der Waals surface area contributed by atoms with Gasteiger partial charge >= 0.3 is 0 Å². The number of H-pyrrole nitrogens is 1. The topological polar surface area (TPSA) is 85.5 Å². The predicted molar refractivity (Wildman–Crippen MR) is 141 cm³/mol. The summed E-state index contributed by atoms with van der Waals surface area (Å²) in [6, 6.07) is 23.1. The Morgan fingerprint density at radius 2 is 1.72 bits per heavy atom. The number of nitrogens with one attached hydrogen (secondary N) is 2. The molecule has 0 aliphatic heterocycles. The molecule has 7 heteroatoms. The van der Waals surface area contributed by atoms with E-state index in [9.17, 15) is 4.79 Å². The Labute approximate surface area is 209 Å². The van der Waals surface area contributed by atoms with E-state index in [1.807, 2.05) is 79.7 Å². The van der Waals surface area contributed by atoms with Gasteiger partial charge in [-0.25, -0.2) is 4.98 Å². The van der Waals surface area contributed by atoms with Gasteiger partial charge in [-0.2, -0.15) is 0 Å². The number of methoxy groups -OCH3 is 2. The third-order valence-corrected chi connectivity index (χ3v) is 6.08. The van der Waals surface area contributed by atoms with Crippen molar-refractivity contribution in [1.29, 1.82) is 0 Å². The van der Waals surface area contributed by atoms with Gasteiger partial charge in [-0.1, -0.05) is 30.3 Å². The quantitative estimate of drug-likeness (QED) is 0.296. The lowest BCUT2D eigenvalue weighted by Gasteiger charge is -2.12. The third kappa shape index (κ3) is 4.43. The van der Waals surface area contributed by atoms with Crippen LogP contribution in [0.25, 0.3) is 33.1 Å². The third-order valence-electron chi connectivity index (χ3n) is 6.08. The van der Waals surface area contributed by atoms with E-state index in [1.54, 1.807) is 14.2 Å². The maximum Gasteiger partial charge on any atom is 0.270 e. The number of hydrogen-bond acceptors (Lipinski definition) is 5. The number of aromatic nitrogens is 2. The van der Waals surface area contributed by atoms with Gasteiger partial charge in [0, 0.05) is 28.4 Å². The molecule has 0 saturated heterocycles. The molecule has 2 heterocycles. The van der Waals surface area contributed by atoms with Gasteiger partial charge in [0.05, 0.1) is 32.0 Å². The number of benzene rings is 3. The lowest BCUT2D eigenvalue weighted by molar-refractivity contribution is 0.0946. The van der Waals surface area contributed by atoms with E-state index in [4.69, 9.17) is 19.2 Å². The largest absolute Gasteiger partial charge is 0.497 e. The Hall–Kier alpha value is -4.52. The summed E-state index contributed by atoms with van der Waals surface area (Å²) >= 11 is 0. The van der Waals surface area contributed by atoms with Crippen molar-refractivity contribution in [3.05, 3.63) is 84.1 Å². The van der Waals surface area contributed by atoms with E-state index >= 15 is 0 Å². The van der Waals surface area contributed by atoms with Crippen LogP contribution < -0.4 is 19.5 Å². The number of ether oxygens (including phenoxy) is 3. The maximum atomic E-state index is 13.2. The van der Waals surface area contributed by atoms with E-state index in [0.717, 1.165) is 38.7 Å². The number of carbonyl (C=O) groups is 1. The molecule has 0 unspecified atom stereocenters. The number of carbonyl (C=O) groups excluding carboxylic acids is 1. The molecule has 0 aliphatic carbocycles. The van der Waals surface area contributed by atoms with E-state index in [-0.39, 0.29) is 5.91 Å². The molecule has 3 aromatic carbocycles. The van der Waals surface area contributed by atoms with Gasteiger partial charge in [0.25, 0.3) is 5.91 Å². The highest BCUT2D eigenvalue weighted by molar-refractivity contribution is 6.13. The predicted octanol–water partition coefficient (Wildman–Crippen LogP) is 5.73. The summed E-state index contributed by atoms with van der Waals surface area (Å²) in [5.41, 5.74) is 4.62. The number of pyridine rings is 1. The van der Waals surface area contributed by atoms with E-state index in [2.05, 4.69) is 10.3 Å². The lowest BCUT2D eigenvalue weighted by Crippen LogP contribution is -2.24. The molecular formula is C29H27N3O4. The maximum absolute atomic E-state index is 13.2. The molecule has 36 heavy (non-hydrogen) atoms. The van der Waals surface area contributed by atoms with Gasteiger partial charge in [-0.3, -0.25) is 4.79 Å². The molecule has 182 valence electrons. The SMILES string of the molecule is CCOc1ccc(-c2nc(C(=O)NCc3ccc(OC)cc3)cc3c2[nH]c2ccccc23)cc1OC. The molecule has 5 rings (SSSR count). The van der Waals surface area contributed by atoms with Crippen LogP contribution in [0.4, 0.5) is 0 Å². The van der Waals surface area contributed by atoms with Gasteiger partial charge in [0.2, 0.25) is 0 Å². The fourth-order valence-corrected chi connectivity index (χ4v) is 4.28. The van der Waals surface area contributed by atoms with Crippen molar-refractivity contribution in [2.45, 2.75) is 13.5 Å². The number of nitrogens with zero attached hydrogens (tertiary/aromatic N) is 1. The number of amides is 1. The molecule has 0 atom stereocenters. The van der Waals surface area contributed by atoms with Crippen LogP contribution in [0.5, 0.6) is 17.2 Å². The molecule has 1 amide bonds. The zero-order valence-electron chi connectivity index (χ0n) is 20.4. The first kappa shape index (κ1) is 23.2. The van der Waals surface area contributed by atoms with Gasteiger partial charge in [0.15, 0.2) is 11.5 Å². The molecule has 0 spiro atoms. The second-order valence-electron chi connectivity index (χ2n) is 8.28. The molecule has 0 fully saturated rings. The summed E-state index contributed by atoms with van der Waals surface area (Å²) in [5.74, 6) is 1.78. The first-order valence-electron chi connectivity index (χ1n) is 11.7. The summed E-state index contributed by atoms with van der Waals surface area (Å²) in [4.78, 5) is 21.5. The molecular weight excluding hydrogens is 454 g/mol. The number of aromatic amines is 1. The van der Waals surface area contributed by atoms with Crippen LogP contribution in [-0.2, 0) is 6.54 Å². The fraction of sp³-hybridized carbons (Fsp3) is 0.172. The van der Waals surface area contributed by atoms with Crippen molar-refractivity contribution < 1.29 is 19.0 Å². The molecule has 5 aromatic rings. The highest BCUT2D eigenvalue weighted by atomic mass is 16.5. The van der Waals surface area contributed by atoms with Crippen LogP contribution in [0.2, 0.25) is 0 Å². The Morgan fingerprint density at radius 1 is 0.917 bits per heavy atom. The summed E-state index contributed by atoms with van der Waals surface area (Å²) in [5, 5.41) is 4.94. The highest BCUT2D eigenvalue weighted by Gasteiger charge is 2.18. The average molecular weight is 482 g/mol. The minimum Gasteiger partial charge on any atom is -0.497 e. The molecule has 0 bridgehead atoms. The van der Waals surface area contributed by atoms with Gasteiger partial charge < -0.3 is 24.5 Å². The van der Waals surface area contributed by atoms with Crippen LogP contribution in [0.1, 0.15) is 23.0 Å². The Kier molecular flexibility index (Phi) is 6.45. The first-order valence-corrected chi connectivity index (χ1v) is 11.7. The monoisotopic (exact) mass is 481 g/mol. The van der Waals surface area contributed by atoms with Crippen LogP contribution in [0, 0.1) is 0 Å². The van der Waals surface area contributed by atoms with Crippen molar-refractivity contribution in [2.75, 3.05) is 20.8 Å². The van der Waals surface area contributed by atoms with Crippen molar-refractivity contribution in [3.63, 3.8) is 0 Å². The first-order chi connectivity index (χ1) is 17.6. The number of rotatable bonds is 8. The zero-order chi connectivity index (χ0) is 25.1. The molecule has 0 radical (unpaired) electrons. The highest BCUT2D eigenvalue weighted by Crippen LogP contribution is 2.37. The molecule has 0 saturated carbocycles. The Balaban J connectivity index is 1.57. The van der Waals surface area contributed by atoms with E-state index in [0.29, 0.717) is 36.0 Å². The van der Waals surface area contributed by atoms with E-state index in [1.165, 1.54) is 0 Å². The summed E-state index contributed by atoms with van der Waals surface area (Å²) < 4.78 is 16.4. The van der Waals surface area contributed by atoms with Gasteiger partial charge in [-0.15, -0.1) is 0 Å². The van der Waals surface area contributed by atoms with Crippen molar-refractivity contribution >= 4 is 27.7 Å². The van der Waals surface area contributed by atoms with Crippen LogP contribution in [-0.4, -0.2) is 36.7 Å². The van der Waals surface area contributed by atoms with Crippen molar-refractivity contribution in [2.24, 2.45) is 0 Å². The summed E-state index contributed by atoms with van der Waals surface area (Å²) in [7, 11) is 3.23. The van der Waals surface area contributed by atoms with Crippen LogP contribution in [0.3, 0.4) is 0 Å². The van der Waals surface area contributed by atoms with Crippen molar-refractivity contribution in [1.82, 2.24) is 15.3 Å². The number of hydrogen-bond donors (Lipinski definition) is 2. The molecule has 2 N–H and O–H groups in total. The van der Waals surface area contributed by atoms with Crippen molar-refractivity contribution in [3.8, 4) is 28.5 Å². The lowest BCUT2D eigenvalue weighted by atomic mass is 10.1. The fourth-order valence-electron chi connectivity index (χ4n) is 4.28. The minimum atomic E-state index is -0.253. The second-order valence-corrected chi connectivity index (χ2v) is 8.28. The van der Waals surface area contributed by atoms with E-state index < -0.39 is 0 Å². The molecule has 2 aromatic heterocycles. The second kappa shape index (κ2) is 10.00. The zero-order valence-corrected chi connectivity index (χ0v) is 20.4. The Bertz CT molecular complexity index is 1540. The smallest absolute Gasteiger partial charge is 0.270 e. The van der Waals surface area contributed by atoms with Crippen LogP contribution >= 0.6 is 0 Å². The van der Waals surface area contributed by atoms with Crippen LogP contribution in [0.15, 0.2) is 72.8 Å². The number of para-hydroxylation sites is 1. The Morgan fingerprint density at radius 3 is 2.47 bits per heavy atom. The minimum absolute atomic E-state index is 0.253. The molecule has 7 nitrogen and oxygen atoms in total. The number of fused-ring (bicyclic) bond motifs is 3. The summed E-state index contributed by atoms with van der Waals surface area (Å²) in [6.07, 6.45) is 0. The summed E-state index contributed by atoms with van der Waals surface area (Å²) in [6.45, 7) is 2.84. The molecule has 0 aliphatic rings.